The average molecular weight is 516 g/mol. The highest BCUT2D eigenvalue weighted by Crippen LogP contribution is 2.38. The molecule has 1 spiro atoms. The van der Waals surface area contributed by atoms with Crippen molar-refractivity contribution >= 4 is 11.9 Å². The van der Waals surface area contributed by atoms with Gasteiger partial charge in [-0.15, -0.1) is 0 Å². The minimum Gasteiger partial charge on any atom is -0.475 e. The summed E-state index contributed by atoms with van der Waals surface area (Å²) in [5, 5.41) is 14.2. The second-order valence-electron chi connectivity index (χ2n) is 8.53. The van der Waals surface area contributed by atoms with E-state index in [0.29, 0.717) is 12.7 Å². The number of ether oxygens (including phenoxy) is 2. The van der Waals surface area contributed by atoms with Crippen molar-refractivity contribution in [2.24, 2.45) is 5.92 Å². The molecule has 4 rings (SSSR count). The first-order valence-corrected chi connectivity index (χ1v) is 10.7. The third-order valence-electron chi connectivity index (χ3n) is 5.40. The fourth-order valence-electron chi connectivity index (χ4n) is 3.60. The van der Waals surface area contributed by atoms with Crippen LogP contribution < -0.4 is 0 Å². The van der Waals surface area contributed by atoms with E-state index in [4.69, 9.17) is 29.3 Å². The first kappa shape index (κ1) is 28.8. The lowest BCUT2D eigenvalue weighted by Crippen LogP contribution is -2.66. The highest BCUT2D eigenvalue weighted by molar-refractivity contribution is 5.73. The van der Waals surface area contributed by atoms with Crippen LogP contribution >= 0.6 is 0 Å². The smallest absolute Gasteiger partial charge is 0.475 e. The van der Waals surface area contributed by atoms with E-state index in [0.717, 1.165) is 38.5 Å². The molecule has 0 radical (unpaired) electrons. The maximum atomic E-state index is 10.6. The molecule has 35 heavy (non-hydrogen) atoms. The Morgan fingerprint density at radius 3 is 2.00 bits per heavy atom. The molecular formula is C21H26F6N2O6. The van der Waals surface area contributed by atoms with Crippen molar-refractivity contribution in [1.82, 2.24) is 9.88 Å². The number of rotatable bonds is 5. The average Bonchev–Trinajstić information content (AvgIpc) is 3.56. The molecule has 2 N–H and O–H groups in total. The zero-order valence-corrected chi connectivity index (χ0v) is 18.5. The van der Waals surface area contributed by atoms with Gasteiger partial charge in [-0.1, -0.05) is 0 Å². The van der Waals surface area contributed by atoms with Gasteiger partial charge >= 0.3 is 24.3 Å². The quantitative estimate of drug-likeness (QED) is 0.573. The van der Waals surface area contributed by atoms with Gasteiger partial charge in [-0.2, -0.15) is 26.3 Å². The monoisotopic (exact) mass is 516 g/mol. The molecule has 0 aromatic carbocycles. The second-order valence-corrected chi connectivity index (χ2v) is 8.53. The fraction of sp³-hybridized carbons (Fsp3) is 0.667. The standard InChI is InChI=1S/C17H24N2O2.2C2HF3O2/c1-2-14(1)10-19-12-17(13-19)9-16(5-8-21-17)20-11-15-3-6-18-7-4-15;2*3-2(4,5)1(6)7/h3-4,6-7,14,16H,1-2,5,8-13H2;2*(H,6,7). The molecule has 1 atom stereocenters. The Hall–Kier alpha value is -2.45. The van der Waals surface area contributed by atoms with Crippen LogP contribution in [0.15, 0.2) is 24.5 Å². The lowest BCUT2D eigenvalue weighted by molar-refractivity contribution is -0.199. The van der Waals surface area contributed by atoms with E-state index in [-0.39, 0.29) is 5.60 Å². The van der Waals surface area contributed by atoms with Crippen molar-refractivity contribution in [3.8, 4) is 0 Å². The van der Waals surface area contributed by atoms with Crippen molar-refractivity contribution < 1.29 is 55.6 Å². The molecule has 1 unspecified atom stereocenters. The minimum atomic E-state index is -5.08. The Bertz CT molecular complexity index is 802. The van der Waals surface area contributed by atoms with Gasteiger partial charge in [0.05, 0.1) is 18.3 Å². The van der Waals surface area contributed by atoms with Crippen LogP contribution in [0.3, 0.4) is 0 Å². The maximum Gasteiger partial charge on any atom is 0.490 e. The molecule has 3 heterocycles. The number of aromatic nitrogens is 1. The van der Waals surface area contributed by atoms with Crippen LogP contribution in [0.4, 0.5) is 26.3 Å². The van der Waals surface area contributed by atoms with E-state index < -0.39 is 24.3 Å². The number of hydrogen-bond donors (Lipinski definition) is 2. The van der Waals surface area contributed by atoms with E-state index in [9.17, 15) is 26.3 Å². The number of halogens is 6. The molecule has 3 aliphatic rings. The predicted molar refractivity (Wildman–Crippen MR) is 107 cm³/mol. The molecule has 1 aromatic heterocycles. The molecule has 198 valence electrons. The van der Waals surface area contributed by atoms with Crippen LogP contribution in [0.5, 0.6) is 0 Å². The van der Waals surface area contributed by atoms with Crippen molar-refractivity contribution in [2.75, 3.05) is 26.2 Å². The number of nitrogens with zero attached hydrogens (tertiary/aromatic N) is 2. The Balaban J connectivity index is 0.000000257. The molecule has 1 aromatic rings. The maximum absolute atomic E-state index is 10.6. The molecule has 2 saturated heterocycles. The number of hydrogen-bond acceptors (Lipinski definition) is 6. The molecular weight excluding hydrogens is 490 g/mol. The summed E-state index contributed by atoms with van der Waals surface area (Å²) in [6.07, 6.45) is -1.23. The van der Waals surface area contributed by atoms with Crippen molar-refractivity contribution in [3.63, 3.8) is 0 Å². The summed E-state index contributed by atoms with van der Waals surface area (Å²) in [6, 6.07) is 4.05. The zero-order valence-electron chi connectivity index (χ0n) is 18.5. The first-order valence-electron chi connectivity index (χ1n) is 10.7. The van der Waals surface area contributed by atoms with Crippen LogP contribution in [0.25, 0.3) is 0 Å². The van der Waals surface area contributed by atoms with E-state index >= 15 is 0 Å². The van der Waals surface area contributed by atoms with Crippen LogP contribution in [0.1, 0.15) is 31.2 Å². The number of carboxylic acid groups (broad SMARTS) is 2. The van der Waals surface area contributed by atoms with Crippen molar-refractivity contribution in [2.45, 2.75) is 56.3 Å². The van der Waals surface area contributed by atoms with E-state index in [1.165, 1.54) is 24.9 Å². The second kappa shape index (κ2) is 12.0. The third kappa shape index (κ3) is 10.4. The highest BCUT2D eigenvalue weighted by atomic mass is 19.4. The van der Waals surface area contributed by atoms with Gasteiger partial charge in [0.25, 0.3) is 0 Å². The van der Waals surface area contributed by atoms with Gasteiger partial charge in [0.15, 0.2) is 0 Å². The molecule has 8 nitrogen and oxygen atoms in total. The number of alkyl halides is 6. The highest BCUT2D eigenvalue weighted by Gasteiger charge is 2.48. The van der Waals surface area contributed by atoms with E-state index in [2.05, 4.69) is 9.88 Å². The molecule has 1 aliphatic carbocycles. The van der Waals surface area contributed by atoms with Crippen LogP contribution in [-0.2, 0) is 25.7 Å². The first-order chi connectivity index (χ1) is 16.2. The predicted octanol–water partition coefficient (Wildman–Crippen LogP) is 3.51. The minimum absolute atomic E-state index is 0.0933. The summed E-state index contributed by atoms with van der Waals surface area (Å²) in [6.45, 7) is 5.04. The van der Waals surface area contributed by atoms with Gasteiger partial charge in [0.2, 0.25) is 0 Å². The summed E-state index contributed by atoms with van der Waals surface area (Å²) < 4.78 is 75.7. The van der Waals surface area contributed by atoms with Gasteiger partial charge in [-0.05, 0) is 42.9 Å². The summed E-state index contributed by atoms with van der Waals surface area (Å²) in [5.74, 6) is -4.54. The van der Waals surface area contributed by atoms with Crippen LogP contribution in [-0.4, -0.2) is 82.3 Å². The van der Waals surface area contributed by atoms with Gasteiger partial charge in [-0.3, -0.25) is 9.88 Å². The number of pyridine rings is 1. The molecule has 14 heteroatoms. The van der Waals surface area contributed by atoms with Crippen molar-refractivity contribution in [1.29, 1.82) is 0 Å². The molecule has 3 fully saturated rings. The summed E-state index contributed by atoms with van der Waals surface area (Å²) >= 11 is 0. The molecule has 0 bridgehead atoms. The SMILES string of the molecule is O=C(O)C(F)(F)F.O=C(O)C(F)(F)F.c1cc(COC2CCOC3(C2)CN(CC2CC2)C3)ccn1. The largest absolute Gasteiger partial charge is 0.490 e. The van der Waals surface area contributed by atoms with Crippen molar-refractivity contribution in [3.05, 3.63) is 30.1 Å². The van der Waals surface area contributed by atoms with E-state index in [1.54, 1.807) is 0 Å². The Labute approximate surface area is 196 Å². The summed E-state index contributed by atoms with van der Waals surface area (Å²) in [7, 11) is 0. The lowest BCUT2D eigenvalue weighted by Gasteiger charge is -2.53. The lowest BCUT2D eigenvalue weighted by atomic mass is 9.84. The number of carbonyl (C=O) groups is 2. The van der Waals surface area contributed by atoms with Gasteiger partial charge in [0, 0.05) is 45.1 Å². The Kier molecular flexibility index (Phi) is 9.86. The topological polar surface area (TPSA) is 109 Å². The number of aliphatic carboxylic acids is 2. The molecule has 2 aliphatic heterocycles. The summed E-state index contributed by atoms with van der Waals surface area (Å²) in [4.78, 5) is 24.4. The zero-order chi connectivity index (χ0) is 26.3. The van der Waals surface area contributed by atoms with Gasteiger partial charge < -0.3 is 19.7 Å². The third-order valence-corrected chi connectivity index (χ3v) is 5.40. The van der Waals surface area contributed by atoms with Crippen LogP contribution in [0.2, 0.25) is 0 Å². The normalized spacial score (nSPS) is 21.6. The number of carboxylic acids is 2. The fourth-order valence-corrected chi connectivity index (χ4v) is 3.60. The molecule has 1 saturated carbocycles. The van der Waals surface area contributed by atoms with Crippen LogP contribution in [0, 0.1) is 5.92 Å². The molecule has 0 amide bonds. The van der Waals surface area contributed by atoms with Gasteiger partial charge in [-0.25, -0.2) is 9.59 Å². The number of likely N-dealkylation sites (tertiary alicyclic amines) is 1. The summed E-state index contributed by atoms with van der Waals surface area (Å²) in [5.41, 5.74) is 1.30. The van der Waals surface area contributed by atoms with E-state index in [1.807, 2.05) is 24.5 Å². The Morgan fingerprint density at radius 2 is 1.54 bits per heavy atom. The van der Waals surface area contributed by atoms with Gasteiger partial charge in [0.1, 0.15) is 0 Å². The Morgan fingerprint density at radius 1 is 1.03 bits per heavy atom.